The van der Waals surface area contributed by atoms with E-state index in [4.69, 9.17) is 0 Å². The van der Waals surface area contributed by atoms with Crippen LogP contribution in [0, 0.1) is 6.92 Å². The molecule has 0 unspecified atom stereocenters. The van der Waals surface area contributed by atoms with Gasteiger partial charge in [-0.1, -0.05) is 12.1 Å². The maximum Gasteiger partial charge on any atom is 0.130 e. The van der Waals surface area contributed by atoms with Crippen LogP contribution in [-0.4, -0.2) is 17.1 Å². The molecule has 1 aromatic carbocycles. The highest BCUT2D eigenvalue weighted by Gasteiger charge is 2.03. The Morgan fingerprint density at radius 3 is 2.92 bits per heavy atom. The number of aryl methyl sites for hydroxylation is 1. The van der Waals surface area contributed by atoms with Crippen LogP contribution in [0.1, 0.15) is 5.56 Å². The van der Waals surface area contributed by atoms with Gasteiger partial charge < -0.3 is 9.90 Å². The molecule has 12 heavy (non-hydrogen) atoms. The molecule has 2 nitrogen and oxygen atoms in total. The number of hydrogen-bond acceptors (Lipinski definition) is 3. The molecule has 0 amide bonds. The summed E-state index contributed by atoms with van der Waals surface area (Å²) in [4.78, 5) is 10.9. The van der Waals surface area contributed by atoms with E-state index in [0.29, 0.717) is 5.75 Å². The lowest BCUT2D eigenvalue weighted by Gasteiger charge is -2.04. The van der Waals surface area contributed by atoms with Gasteiger partial charge in [0.25, 0.3) is 0 Å². The quantitative estimate of drug-likeness (QED) is 0.573. The smallest absolute Gasteiger partial charge is 0.130 e. The topological polar surface area (TPSA) is 37.3 Å². The number of benzene rings is 1. The third kappa shape index (κ3) is 2.01. The van der Waals surface area contributed by atoms with Crippen LogP contribution >= 0.6 is 11.8 Å². The van der Waals surface area contributed by atoms with Crippen LogP contribution in [0.3, 0.4) is 0 Å². The predicted molar refractivity (Wildman–Crippen MR) is 49.6 cm³/mol. The molecule has 1 N–H and O–H groups in total. The van der Waals surface area contributed by atoms with Crippen molar-refractivity contribution in [2.75, 3.05) is 5.75 Å². The van der Waals surface area contributed by atoms with E-state index in [2.05, 4.69) is 0 Å². The fourth-order valence-electron chi connectivity index (χ4n) is 0.942. The van der Waals surface area contributed by atoms with Gasteiger partial charge in [-0.3, -0.25) is 0 Å². The van der Waals surface area contributed by atoms with Gasteiger partial charge in [-0.2, -0.15) is 0 Å². The SMILES string of the molecule is Cc1cccc(O)c1SCC=O. The van der Waals surface area contributed by atoms with Crippen molar-refractivity contribution >= 4 is 18.0 Å². The molecule has 0 heterocycles. The second-order valence-electron chi connectivity index (χ2n) is 2.40. The van der Waals surface area contributed by atoms with Crippen LogP contribution in [0.15, 0.2) is 23.1 Å². The highest BCUT2D eigenvalue weighted by atomic mass is 32.2. The molecule has 0 saturated heterocycles. The Morgan fingerprint density at radius 1 is 1.58 bits per heavy atom. The minimum Gasteiger partial charge on any atom is -0.507 e. The number of hydrogen-bond donors (Lipinski definition) is 1. The van der Waals surface area contributed by atoms with Crippen molar-refractivity contribution < 1.29 is 9.90 Å². The van der Waals surface area contributed by atoms with E-state index in [1.165, 1.54) is 11.8 Å². The van der Waals surface area contributed by atoms with Gasteiger partial charge in [0.05, 0.1) is 10.6 Å². The molecule has 0 saturated carbocycles. The minimum absolute atomic E-state index is 0.252. The Labute approximate surface area is 75.6 Å². The van der Waals surface area contributed by atoms with Crippen LogP contribution in [0.5, 0.6) is 5.75 Å². The third-order valence-corrected chi connectivity index (χ3v) is 2.61. The maximum atomic E-state index is 10.1. The highest BCUT2D eigenvalue weighted by molar-refractivity contribution is 8.00. The number of aldehydes is 1. The van der Waals surface area contributed by atoms with Crippen molar-refractivity contribution in [3.8, 4) is 5.75 Å². The fourth-order valence-corrected chi connectivity index (χ4v) is 1.69. The largest absolute Gasteiger partial charge is 0.507 e. The van der Waals surface area contributed by atoms with E-state index < -0.39 is 0 Å². The van der Waals surface area contributed by atoms with Gasteiger partial charge in [0.1, 0.15) is 12.0 Å². The lowest BCUT2D eigenvalue weighted by atomic mass is 10.2. The van der Waals surface area contributed by atoms with E-state index in [0.717, 1.165) is 16.7 Å². The summed E-state index contributed by atoms with van der Waals surface area (Å²) in [5.74, 6) is 0.639. The Bertz CT molecular complexity index is 264. The molecule has 0 atom stereocenters. The van der Waals surface area contributed by atoms with Crippen molar-refractivity contribution in [3.05, 3.63) is 23.8 Å². The van der Waals surface area contributed by atoms with Crippen LogP contribution in [0.25, 0.3) is 0 Å². The molecule has 0 aliphatic carbocycles. The summed E-state index contributed by atoms with van der Waals surface area (Å²) in [7, 11) is 0. The molecule has 1 aromatic rings. The number of thioether (sulfide) groups is 1. The summed E-state index contributed by atoms with van der Waals surface area (Å²) < 4.78 is 0. The number of phenols is 1. The summed E-state index contributed by atoms with van der Waals surface area (Å²) >= 11 is 1.36. The lowest BCUT2D eigenvalue weighted by Crippen LogP contribution is -1.83. The molecule has 0 radical (unpaired) electrons. The van der Waals surface area contributed by atoms with E-state index >= 15 is 0 Å². The van der Waals surface area contributed by atoms with Gasteiger partial charge in [-0.25, -0.2) is 0 Å². The van der Waals surface area contributed by atoms with E-state index in [1.54, 1.807) is 12.1 Å². The molecule has 0 fully saturated rings. The van der Waals surface area contributed by atoms with Crippen LogP contribution in [0.2, 0.25) is 0 Å². The summed E-state index contributed by atoms with van der Waals surface area (Å²) in [5.41, 5.74) is 1.00. The summed E-state index contributed by atoms with van der Waals surface area (Å²) in [6.07, 6.45) is 0.830. The molecule has 0 aliphatic rings. The first-order valence-electron chi connectivity index (χ1n) is 3.60. The Kier molecular flexibility index (Phi) is 3.17. The van der Waals surface area contributed by atoms with Crippen molar-refractivity contribution in [3.63, 3.8) is 0 Å². The van der Waals surface area contributed by atoms with Crippen LogP contribution < -0.4 is 0 Å². The van der Waals surface area contributed by atoms with E-state index in [9.17, 15) is 9.90 Å². The number of carbonyl (C=O) groups excluding carboxylic acids is 1. The van der Waals surface area contributed by atoms with Crippen LogP contribution in [0.4, 0.5) is 0 Å². The predicted octanol–water partition coefficient (Wildman–Crippen LogP) is 1.99. The Morgan fingerprint density at radius 2 is 2.33 bits per heavy atom. The monoisotopic (exact) mass is 182 g/mol. The molecular weight excluding hydrogens is 172 g/mol. The van der Waals surface area contributed by atoms with E-state index in [1.807, 2.05) is 13.0 Å². The van der Waals surface area contributed by atoms with E-state index in [-0.39, 0.29) is 5.75 Å². The molecule has 0 spiro atoms. The molecular formula is C9H10O2S. The zero-order valence-corrected chi connectivity index (χ0v) is 7.60. The summed E-state index contributed by atoms with van der Waals surface area (Å²) in [6, 6.07) is 5.32. The first kappa shape index (κ1) is 9.13. The van der Waals surface area contributed by atoms with Crippen molar-refractivity contribution in [2.45, 2.75) is 11.8 Å². The maximum absolute atomic E-state index is 10.1. The van der Waals surface area contributed by atoms with Gasteiger partial charge in [0.2, 0.25) is 0 Å². The summed E-state index contributed by atoms with van der Waals surface area (Å²) in [5, 5.41) is 9.38. The average molecular weight is 182 g/mol. The molecule has 0 aliphatic heterocycles. The molecule has 0 bridgehead atoms. The fraction of sp³-hybridized carbons (Fsp3) is 0.222. The van der Waals surface area contributed by atoms with Crippen molar-refractivity contribution in [1.82, 2.24) is 0 Å². The number of rotatable bonds is 3. The van der Waals surface area contributed by atoms with Gasteiger partial charge in [0.15, 0.2) is 0 Å². The molecule has 64 valence electrons. The third-order valence-electron chi connectivity index (χ3n) is 1.49. The number of aromatic hydroxyl groups is 1. The number of phenolic OH excluding ortho intramolecular Hbond substituents is 1. The van der Waals surface area contributed by atoms with Gasteiger partial charge in [-0.15, -0.1) is 11.8 Å². The van der Waals surface area contributed by atoms with Gasteiger partial charge in [-0.05, 0) is 18.6 Å². The first-order valence-corrected chi connectivity index (χ1v) is 4.59. The molecule has 1 rings (SSSR count). The molecule has 3 heteroatoms. The number of carbonyl (C=O) groups is 1. The zero-order valence-electron chi connectivity index (χ0n) is 6.78. The molecule has 0 aromatic heterocycles. The second-order valence-corrected chi connectivity index (χ2v) is 3.43. The Hall–Kier alpha value is -0.960. The highest BCUT2D eigenvalue weighted by Crippen LogP contribution is 2.30. The standard InChI is InChI=1S/C9H10O2S/c1-7-3-2-4-8(11)9(7)12-6-5-10/h2-5,11H,6H2,1H3. The Balaban J connectivity index is 2.88. The van der Waals surface area contributed by atoms with Gasteiger partial charge in [0, 0.05) is 0 Å². The minimum atomic E-state index is 0.252. The second kappa shape index (κ2) is 4.16. The van der Waals surface area contributed by atoms with Crippen molar-refractivity contribution in [1.29, 1.82) is 0 Å². The first-order chi connectivity index (χ1) is 5.75. The van der Waals surface area contributed by atoms with Crippen molar-refractivity contribution in [2.24, 2.45) is 0 Å². The average Bonchev–Trinajstić information content (AvgIpc) is 2.04. The summed E-state index contributed by atoms with van der Waals surface area (Å²) in [6.45, 7) is 1.91. The lowest BCUT2D eigenvalue weighted by molar-refractivity contribution is -0.105. The zero-order chi connectivity index (χ0) is 8.97. The van der Waals surface area contributed by atoms with Gasteiger partial charge >= 0.3 is 0 Å². The van der Waals surface area contributed by atoms with Crippen LogP contribution in [-0.2, 0) is 4.79 Å². The normalized spacial score (nSPS) is 9.75.